The Kier molecular flexibility index (Phi) is 5.56. The molecular formula is C19H27N5O2. The minimum absolute atomic E-state index is 0.0202. The zero-order valence-electron chi connectivity index (χ0n) is 15.6. The van der Waals surface area contributed by atoms with Gasteiger partial charge in [0.05, 0.1) is 6.10 Å². The summed E-state index contributed by atoms with van der Waals surface area (Å²) in [5.74, 6) is 1.50. The van der Waals surface area contributed by atoms with Crippen LogP contribution in [0.4, 0.5) is 5.95 Å². The number of aromatic nitrogens is 3. The molecule has 3 rings (SSSR count). The molecule has 1 heterocycles. The fourth-order valence-electron chi connectivity index (χ4n) is 3.41. The number of carbonyl (C=O) groups excluding carboxylic acids is 1. The molecule has 0 spiro atoms. The SMILES string of the molecule is CCc1ccc(C(=O)NC[C@H]2C[C@H](c3nc(N(C)C)n[nH]3)C[C@H]2O)cc1. The molecule has 0 bridgehead atoms. The normalized spacial score (nSPS) is 22.4. The first kappa shape index (κ1) is 18.4. The van der Waals surface area contributed by atoms with Crippen LogP contribution in [0.2, 0.25) is 0 Å². The second kappa shape index (κ2) is 7.86. The van der Waals surface area contributed by atoms with E-state index < -0.39 is 6.10 Å². The quantitative estimate of drug-likeness (QED) is 0.732. The number of aliphatic hydroxyl groups is 1. The van der Waals surface area contributed by atoms with Crippen LogP contribution in [0.1, 0.15) is 47.4 Å². The number of benzene rings is 1. The minimum Gasteiger partial charge on any atom is -0.393 e. The van der Waals surface area contributed by atoms with Gasteiger partial charge in [-0.3, -0.25) is 9.89 Å². The van der Waals surface area contributed by atoms with Gasteiger partial charge in [0.25, 0.3) is 5.91 Å². The van der Waals surface area contributed by atoms with Gasteiger partial charge < -0.3 is 15.3 Å². The first-order valence-electron chi connectivity index (χ1n) is 9.12. The Hall–Kier alpha value is -2.41. The van der Waals surface area contributed by atoms with Crippen LogP contribution < -0.4 is 10.2 Å². The van der Waals surface area contributed by atoms with Crippen LogP contribution in [0.25, 0.3) is 0 Å². The lowest BCUT2D eigenvalue weighted by molar-refractivity contribution is 0.0916. The molecule has 1 aromatic carbocycles. The summed E-state index contributed by atoms with van der Waals surface area (Å²) in [5.41, 5.74) is 1.86. The molecule has 1 saturated carbocycles. The van der Waals surface area contributed by atoms with E-state index in [4.69, 9.17) is 0 Å². The first-order valence-corrected chi connectivity index (χ1v) is 9.12. The Morgan fingerprint density at radius 2 is 2.04 bits per heavy atom. The van der Waals surface area contributed by atoms with Crippen molar-refractivity contribution in [3.8, 4) is 0 Å². The maximum atomic E-state index is 12.3. The summed E-state index contributed by atoms with van der Waals surface area (Å²) >= 11 is 0. The monoisotopic (exact) mass is 357 g/mol. The smallest absolute Gasteiger partial charge is 0.251 e. The van der Waals surface area contributed by atoms with Crippen molar-refractivity contribution in [2.75, 3.05) is 25.5 Å². The van der Waals surface area contributed by atoms with Gasteiger partial charge in [-0.25, -0.2) is 0 Å². The van der Waals surface area contributed by atoms with Crippen molar-refractivity contribution in [2.45, 2.75) is 38.2 Å². The van der Waals surface area contributed by atoms with E-state index in [0.717, 1.165) is 18.7 Å². The fourth-order valence-corrected chi connectivity index (χ4v) is 3.41. The second-order valence-corrected chi connectivity index (χ2v) is 7.17. The van der Waals surface area contributed by atoms with Crippen LogP contribution in [-0.2, 0) is 6.42 Å². The third kappa shape index (κ3) is 4.04. The number of hydrogen-bond donors (Lipinski definition) is 3. The van der Waals surface area contributed by atoms with Gasteiger partial charge in [0, 0.05) is 38.0 Å². The first-order chi connectivity index (χ1) is 12.5. The Morgan fingerprint density at radius 3 is 2.65 bits per heavy atom. The molecule has 1 aromatic heterocycles. The largest absolute Gasteiger partial charge is 0.393 e. The number of aliphatic hydroxyl groups excluding tert-OH is 1. The van der Waals surface area contributed by atoms with E-state index in [2.05, 4.69) is 27.4 Å². The maximum absolute atomic E-state index is 12.3. The van der Waals surface area contributed by atoms with E-state index in [-0.39, 0.29) is 17.7 Å². The van der Waals surface area contributed by atoms with Crippen LogP contribution in [0.15, 0.2) is 24.3 Å². The Balaban J connectivity index is 1.55. The summed E-state index contributed by atoms with van der Waals surface area (Å²) in [5, 5.41) is 20.5. The standard InChI is InChI=1S/C19H27N5O2/c1-4-12-5-7-13(8-6-12)18(26)20-11-15-9-14(10-16(15)25)17-21-19(23-22-17)24(2)3/h5-8,14-16,25H,4,9-11H2,1-3H3,(H,20,26)(H,21,22,23)/t14-,15+,16+/m0/s1. The predicted octanol–water partition coefficient (Wildman–Crippen LogP) is 1.72. The number of amides is 1. The molecule has 7 heteroatoms. The third-order valence-electron chi connectivity index (χ3n) is 5.08. The van der Waals surface area contributed by atoms with Gasteiger partial charge in [0.15, 0.2) is 0 Å². The van der Waals surface area contributed by atoms with E-state index in [1.165, 1.54) is 5.56 Å². The van der Waals surface area contributed by atoms with E-state index >= 15 is 0 Å². The average molecular weight is 357 g/mol. The average Bonchev–Trinajstić information content (AvgIpc) is 3.27. The Morgan fingerprint density at radius 1 is 1.31 bits per heavy atom. The fraction of sp³-hybridized carbons (Fsp3) is 0.526. The van der Waals surface area contributed by atoms with Gasteiger partial charge in [-0.15, -0.1) is 5.10 Å². The number of carbonyl (C=O) groups is 1. The second-order valence-electron chi connectivity index (χ2n) is 7.17. The molecule has 140 valence electrons. The molecular weight excluding hydrogens is 330 g/mol. The maximum Gasteiger partial charge on any atom is 0.251 e. The highest BCUT2D eigenvalue weighted by atomic mass is 16.3. The van der Waals surface area contributed by atoms with Crippen LogP contribution in [0.5, 0.6) is 0 Å². The molecule has 0 radical (unpaired) electrons. The van der Waals surface area contributed by atoms with Crippen molar-refractivity contribution >= 4 is 11.9 Å². The number of anilines is 1. The van der Waals surface area contributed by atoms with E-state index in [0.29, 0.717) is 24.5 Å². The summed E-state index contributed by atoms with van der Waals surface area (Å²) in [6.07, 6.45) is 1.91. The van der Waals surface area contributed by atoms with Gasteiger partial charge in [-0.05, 0) is 37.0 Å². The van der Waals surface area contributed by atoms with Gasteiger partial charge in [-0.1, -0.05) is 19.1 Å². The topological polar surface area (TPSA) is 94.1 Å². The van der Waals surface area contributed by atoms with Crippen LogP contribution >= 0.6 is 0 Å². The molecule has 1 fully saturated rings. The van der Waals surface area contributed by atoms with Crippen molar-refractivity contribution in [1.82, 2.24) is 20.5 Å². The summed E-state index contributed by atoms with van der Waals surface area (Å²) in [6, 6.07) is 7.64. The number of aryl methyl sites for hydroxylation is 1. The molecule has 1 aliphatic carbocycles. The highest BCUT2D eigenvalue weighted by Gasteiger charge is 2.35. The van der Waals surface area contributed by atoms with Crippen molar-refractivity contribution < 1.29 is 9.90 Å². The van der Waals surface area contributed by atoms with Gasteiger partial charge in [0.1, 0.15) is 5.82 Å². The summed E-state index contributed by atoms with van der Waals surface area (Å²) in [4.78, 5) is 18.6. The predicted molar refractivity (Wildman–Crippen MR) is 100 cm³/mol. The van der Waals surface area contributed by atoms with Crippen molar-refractivity contribution in [2.24, 2.45) is 5.92 Å². The lowest BCUT2D eigenvalue weighted by atomic mass is 10.0. The van der Waals surface area contributed by atoms with E-state index in [1.54, 1.807) is 0 Å². The number of nitrogens with one attached hydrogen (secondary N) is 2. The molecule has 2 aromatic rings. The van der Waals surface area contributed by atoms with Crippen molar-refractivity contribution in [3.63, 3.8) is 0 Å². The molecule has 1 amide bonds. The number of nitrogens with zero attached hydrogens (tertiary/aromatic N) is 3. The van der Waals surface area contributed by atoms with E-state index in [9.17, 15) is 9.90 Å². The minimum atomic E-state index is -0.448. The number of aromatic amines is 1. The van der Waals surface area contributed by atoms with Gasteiger partial charge in [-0.2, -0.15) is 4.98 Å². The molecule has 3 atom stereocenters. The zero-order valence-corrected chi connectivity index (χ0v) is 15.6. The number of rotatable bonds is 6. The molecule has 1 aliphatic rings. The highest BCUT2D eigenvalue weighted by molar-refractivity contribution is 5.94. The lowest BCUT2D eigenvalue weighted by Gasteiger charge is -2.15. The summed E-state index contributed by atoms with van der Waals surface area (Å²) in [6.45, 7) is 2.55. The molecule has 0 unspecified atom stereocenters. The van der Waals surface area contributed by atoms with Crippen LogP contribution in [0.3, 0.4) is 0 Å². The third-order valence-corrected chi connectivity index (χ3v) is 5.08. The molecule has 0 saturated heterocycles. The number of H-pyrrole nitrogens is 1. The van der Waals surface area contributed by atoms with Crippen LogP contribution in [0, 0.1) is 5.92 Å². The van der Waals surface area contributed by atoms with Crippen molar-refractivity contribution in [3.05, 3.63) is 41.2 Å². The van der Waals surface area contributed by atoms with Gasteiger partial charge >= 0.3 is 0 Å². The van der Waals surface area contributed by atoms with Gasteiger partial charge in [0.2, 0.25) is 5.95 Å². The Bertz CT molecular complexity index is 741. The molecule has 0 aliphatic heterocycles. The number of hydrogen-bond acceptors (Lipinski definition) is 5. The lowest BCUT2D eigenvalue weighted by Crippen LogP contribution is -2.32. The zero-order chi connectivity index (χ0) is 18.7. The molecule has 7 nitrogen and oxygen atoms in total. The molecule has 26 heavy (non-hydrogen) atoms. The van der Waals surface area contributed by atoms with Crippen LogP contribution in [-0.4, -0.2) is 52.9 Å². The van der Waals surface area contributed by atoms with E-state index in [1.807, 2.05) is 43.3 Å². The molecule has 3 N–H and O–H groups in total. The van der Waals surface area contributed by atoms with Crippen molar-refractivity contribution in [1.29, 1.82) is 0 Å². The Labute approximate surface area is 153 Å². The summed E-state index contributed by atoms with van der Waals surface area (Å²) < 4.78 is 0. The highest BCUT2D eigenvalue weighted by Crippen LogP contribution is 2.37. The summed E-state index contributed by atoms with van der Waals surface area (Å²) in [7, 11) is 3.78.